The lowest BCUT2D eigenvalue weighted by Gasteiger charge is -2.17. The van der Waals surface area contributed by atoms with Gasteiger partial charge in [0, 0.05) is 0 Å². The molecular weight excluding hydrogens is 238 g/mol. The van der Waals surface area contributed by atoms with Crippen LogP contribution in [-0.2, 0) is 4.79 Å². The molecule has 0 N–H and O–H groups in total. The Hall–Kier alpha value is -2.33. The van der Waals surface area contributed by atoms with E-state index < -0.39 is 30.7 Å². The molecule has 0 aliphatic rings. The van der Waals surface area contributed by atoms with Gasteiger partial charge in [0.2, 0.25) is 0 Å². The van der Waals surface area contributed by atoms with Crippen molar-refractivity contribution in [1.82, 2.24) is 0 Å². The van der Waals surface area contributed by atoms with Gasteiger partial charge in [0.05, 0.1) is 0 Å². The number of rotatable bonds is 10. The number of carbonyl (C=O) groups is 1. The van der Waals surface area contributed by atoms with Gasteiger partial charge in [0.25, 0.3) is 0 Å². The molecular formula is C6H7N5O6. The highest BCUT2D eigenvalue weighted by Gasteiger charge is 2.39. The van der Waals surface area contributed by atoms with Crippen LogP contribution in [0.5, 0.6) is 0 Å². The van der Waals surface area contributed by atoms with Gasteiger partial charge in [-0.05, 0) is 0 Å². The molecule has 0 fully saturated rings. The minimum atomic E-state index is -1.79. The second-order valence-corrected chi connectivity index (χ2v) is 2.91. The summed E-state index contributed by atoms with van der Waals surface area (Å²) >= 11 is 0. The molecule has 0 heterocycles. The molecule has 0 aliphatic heterocycles. The summed E-state index contributed by atoms with van der Waals surface area (Å²) in [5.74, 6) is 0. The molecule has 11 heteroatoms. The van der Waals surface area contributed by atoms with Crippen molar-refractivity contribution in [2.24, 2.45) is 25.9 Å². The summed E-state index contributed by atoms with van der Waals surface area (Å²) < 4.78 is 0. The van der Waals surface area contributed by atoms with Gasteiger partial charge in [-0.15, -0.1) is 4.91 Å². The summed E-state index contributed by atoms with van der Waals surface area (Å²) in [6, 6.07) is -6.87. The van der Waals surface area contributed by atoms with E-state index in [9.17, 15) is 29.3 Å². The lowest BCUT2D eigenvalue weighted by atomic mass is 9.97. The van der Waals surface area contributed by atoms with Crippen LogP contribution in [0.2, 0.25) is 0 Å². The topological polar surface area (TPSA) is 164 Å². The molecule has 0 aliphatic carbocycles. The first-order valence-corrected chi connectivity index (χ1v) is 4.24. The average molecular weight is 245 g/mol. The summed E-state index contributed by atoms with van der Waals surface area (Å²) in [4.78, 5) is 61.8. The molecule has 0 saturated carbocycles. The van der Waals surface area contributed by atoms with Crippen molar-refractivity contribution in [3.05, 3.63) is 24.5 Å². The number of hydrogen-bond acceptors (Lipinski definition) is 11. The SMILES string of the molecule is O=CC(N=O)C(N=O)C(N=O)C(CN=O)N=O. The molecule has 0 spiro atoms. The highest BCUT2D eigenvalue weighted by molar-refractivity contribution is 5.59. The van der Waals surface area contributed by atoms with Gasteiger partial charge in [-0.1, -0.05) is 25.9 Å². The molecule has 92 valence electrons. The highest BCUT2D eigenvalue weighted by atomic mass is 16.3. The third-order valence-electron chi connectivity index (χ3n) is 2.00. The van der Waals surface area contributed by atoms with Crippen LogP contribution in [0.25, 0.3) is 0 Å². The van der Waals surface area contributed by atoms with E-state index in [2.05, 4.69) is 25.9 Å². The molecule has 0 aromatic carbocycles. The van der Waals surface area contributed by atoms with Crippen molar-refractivity contribution in [3.8, 4) is 0 Å². The standard InChI is InChI=1S/C6H7N5O6/c12-2-4(9-15)6(11-17)5(10-16)3(8-14)1-7-13/h2-6H,1H2. The van der Waals surface area contributed by atoms with Crippen LogP contribution in [0.15, 0.2) is 25.9 Å². The lowest BCUT2D eigenvalue weighted by Crippen LogP contribution is -2.42. The van der Waals surface area contributed by atoms with Crippen LogP contribution in [0.3, 0.4) is 0 Å². The molecule has 11 nitrogen and oxygen atoms in total. The highest BCUT2D eigenvalue weighted by Crippen LogP contribution is 2.16. The van der Waals surface area contributed by atoms with Crippen LogP contribution in [0.4, 0.5) is 0 Å². The van der Waals surface area contributed by atoms with Gasteiger partial charge < -0.3 is 4.79 Å². The predicted molar refractivity (Wildman–Crippen MR) is 55.1 cm³/mol. The Morgan fingerprint density at radius 3 is 1.71 bits per heavy atom. The minimum Gasteiger partial charge on any atom is -0.301 e. The summed E-state index contributed by atoms with van der Waals surface area (Å²) in [6.45, 7) is -0.726. The van der Waals surface area contributed by atoms with Crippen molar-refractivity contribution in [2.75, 3.05) is 6.54 Å². The van der Waals surface area contributed by atoms with Gasteiger partial charge in [0.15, 0.2) is 18.4 Å². The maximum Gasteiger partial charge on any atom is 0.175 e. The Morgan fingerprint density at radius 1 is 0.824 bits per heavy atom. The smallest absolute Gasteiger partial charge is 0.175 e. The molecule has 0 aromatic rings. The third kappa shape index (κ3) is 3.62. The largest absolute Gasteiger partial charge is 0.301 e. The summed E-state index contributed by atoms with van der Waals surface area (Å²) in [5, 5.41) is 11.7. The van der Waals surface area contributed by atoms with E-state index in [4.69, 9.17) is 0 Å². The van der Waals surface area contributed by atoms with Crippen LogP contribution in [-0.4, -0.2) is 37.0 Å². The van der Waals surface area contributed by atoms with Crippen LogP contribution < -0.4 is 0 Å². The Labute approximate surface area is 93.2 Å². The quantitative estimate of drug-likeness (QED) is 0.401. The van der Waals surface area contributed by atoms with Crippen LogP contribution in [0, 0.1) is 24.5 Å². The maximum absolute atomic E-state index is 10.5. The van der Waals surface area contributed by atoms with Gasteiger partial charge in [-0.2, -0.15) is 19.6 Å². The van der Waals surface area contributed by atoms with Gasteiger partial charge in [-0.3, -0.25) is 0 Å². The van der Waals surface area contributed by atoms with Crippen LogP contribution >= 0.6 is 0 Å². The van der Waals surface area contributed by atoms with Crippen molar-refractivity contribution in [2.45, 2.75) is 24.2 Å². The summed E-state index contributed by atoms with van der Waals surface area (Å²) in [7, 11) is 0. The van der Waals surface area contributed by atoms with Gasteiger partial charge in [-0.25, -0.2) is 0 Å². The second-order valence-electron chi connectivity index (χ2n) is 2.91. The minimum absolute atomic E-state index is 0.0204. The molecule has 0 bridgehead atoms. The fourth-order valence-electron chi connectivity index (χ4n) is 1.13. The van der Waals surface area contributed by atoms with Gasteiger partial charge in [0.1, 0.15) is 18.6 Å². The molecule has 0 rings (SSSR count). The number of hydrogen-bond donors (Lipinski definition) is 0. The molecule has 17 heavy (non-hydrogen) atoms. The average Bonchev–Trinajstić information content (AvgIpc) is 2.37. The lowest BCUT2D eigenvalue weighted by molar-refractivity contribution is -0.109. The zero-order valence-corrected chi connectivity index (χ0v) is 8.28. The predicted octanol–water partition coefficient (Wildman–Crippen LogP) is 0.492. The molecule has 0 aromatic heterocycles. The fraction of sp³-hybridized carbons (Fsp3) is 0.833. The van der Waals surface area contributed by atoms with Gasteiger partial charge >= 0.3 is 0 Å². The second kappa shape index (κ2) is 7.90. The van der Waals surface area contributed by atoms with E-state index in [-0.39, 0.29) is 6.29 Å². The third-order valence-corrected chi connectivity index (χ3v) is 2.00. The first-order valence-electron chi connectivity index (χ1n) is 4.24. The number of aldehydes is 1. The summed E-state index contributed by atoms with van der Waals surface area (Å²) in [5.41, 5.74) is 0. The van der Waals surface area contributed by atoms with E-state index in [1.54, 1.807) is 0 Å². The fourth-order valence-corrected chi connectivity index (χ4v) is 1.13. The molecule has 0 radical (unpaired) electrons. The van der Waals surface area contributed by atoms with E-state index in [1.807, 2.05) is 0 Å². The van der Waals surface area contributed by atoms with Crippen molar-refractivity contribution in [1.29, 1.82) is 0 Å². The number of nitroso groups, excluding NO2 is 5. The normalized spacial score (nSPS) is 16.9. The van der Waals surface area contributed by atoms with Crippen LogP contribution in [0.1, 0.15) is 0 Å². The monoisotopic (exact) mass is 245 g/mol. The number of nitrogens with zero attached hydrogens (tertiary/aromatic N) is 5. The Balaban J connectivity index is 5.14. The Kier molecular flexibility index (Phi) is 6.81. The summed E-state index contributed by atoms with van der Waals surface area (Å²) in [6.07, 6.45) is -0.0204. The first-order chi connectivity index (χ1) is 8.19. The van der Waals surface area contributed by atoms with E-state index in [0.29, 0.717) is 0 Å². The first kappa shape index (κ1) is 14.7. The van der Waals surface area contributed by atoms with Crippen molar-refractivity contribution < 1.29 is 4.79 Å². The molecule has 0 saturated heterocycles. The van der Waals surface area contributed by atoms with Crippen molar-refractivity contribution in [3.63, 3.8) is 0 Å². The maximum atomic E-state index is 10.5. The Morgan fingerprint density at radius 2 is 1.41 bits per heavy atom. The zero-order valence-electron chi connectivity index (χ0n) is 8.28. The van der Waals surface area contributed by atoms with Crippen molar-refractivity contribution >= 4 is 6.29 Å². The van der Waals surface area contributed by atoms with E-state index in [0.717, 1.165) is 0 Å². The molecule has 0 amide bonds. The van der Waals surface area contributed by atoms with E-state index in [1.165, 1.54) is 0 Å². The van der Waals surface area contributed by atoms with E-state index >= 15 is 0 Å². The molecule has 4 atom stereocenters. The number of carbonyl (C=O) groups excluding carboxylic acids is 1. The molecule has 4 unspecified atom stereocenters. The zero-order chi connectivity index (χ0) is 13.3. The Bertz CT molecular complexity index is 314.